The van der Waals surface area contributed by atoms with E-state index in [-0.39, 0.29) is 0 Å². The van der Waals surface area contributed by atoms with Gasteiger partial charge >= 0.3 is 0 Å². The summed E-state index contributed by atoms with van der Waals surface area (Å²) in [6, 6.07) is 9.58. The molecule has 1 aromatic carbocycles. The van der Waals surface area contributed by atoms with Crippen molar-refractivity contribution in [2.75, 3.05) is 13.1 Å². The molecule has 0 bridgehead atoms. The molecular formula is C17H28N2. The van der Waals surface area contributed by atoms with Crippen LogP contribution in [0.5, 0.6) is 0 Å². The van der Waals surface area contributed by atoms with Crippen LogP contribution in [0.15, 0.2) is 24.3 Å². The molecule has 2 rings (SSSR count). The Morgan fingerprint density at radius 1 is 1.21 bits per heavy atom. The zero-order chi connectivity index (χ0) is 13.7. The van der Waals surface area contributed by atoms with Crippen LogP contribution in [-0.2, 0) is 13.1 Å². The monoisotopic (exact) mass is 260 g/mol. The lowest BCUT2D eigenvalue weighted by molar-refractivity contribution is 0.185. The summed E-state index contributed by atoms with van der Waals surface area (Å²) in [5.74, 6) is 0.915. The second-order valence-corrected chi connectivity index (χ2v) is 6.31. The number of hydrogen-bond acceptors (Lipinski definition) is 2. The van der Waals surface area contributed by atoms with Crippen LogP contribution in [0.3, 0.4) is 0 Å². The smallest absolute Gasteiger partial charge is 0.0233 e. The molecule has 0 spiro atoms. The van der Waals surface area contributed by atoms with Crippen molar-refractivity contribution >= 4 is 0 Å². The molecule has 0 radical (unpaired) electrons. The molecule has 2 heteroatoms. The highest BCUT2D eigenvalue weighted by Crippen LogP contribution is 2.18. The summed E-state index contributed by atoms with van der Waals surface area (Å²) >= 11 is 0. The van der Waals surface area contributed by atoms with Gasteiger partial charge in [-0.05, 0) is 43.0 Å². The number of likely N-dealkylation sites (tertiary alicyclic amines) is 1. The summed E-state index contributed by atoms with van der Waals surface area (Å²) in [5, 5.41) is 3.48. The molecule has 0 amide bonds. The molecular weight excluding hydrogens is 232 g/mol. The third-order valence-electron chi connectivity index (χ3n) is 3.99. The first-order valence-corrected chi connectivity index (χ1v) is 7.67. The Morgan fingerprint density at radius 2 is 1.89 bits per heavy atom. The Morgan fingerprint density at radius 3 is 2.58 bits per heavy atom. The average Bonchev–Trinajstić information content (AvgIpc) is 2.40. The Hall–Kier alpha value is -0.860. The van der Waals surface area contributed by atoms with Gasteiger partial charge in [-0.1, -0.05) is 45.0 Å². The molecule has 1 aromatic rings. The molecule has 1 aliphatic heterocycles. The molecule has 0 saturated carbocycles. The van der Waals surface area contributed by atoms with Gasteiger partial charge in [0.2, 0.25) is 0 Å². The van der Waals surface area contributed by atoms with Crippen molar-refractivity contribution in [2.24, 2.45) is 5.92 Å². The lowest BCUT2D eigenvalue weighted by Crippen LogP contribution is -2.32. The van der Waals surface area contributed by atoms with Crippen LogP contribution in [0.4, 0.5) is 0 Å². The lowest BCUT2D eigenvalue weighted by atomic mass is 9.98. The Bertz CT molecular complexity index is 379. The SMILES string of the molecule is CC1CCN(Cc2cccc(CNC(C)C)c2)CC1. The highest BCUT2D eigenvalue weighted by atomic mass is 15.1. The molecule has 0 atom stereocenters. The van der Waals surface area contributed by atoms with Crippen molar-refractivity contribution < 1.29 is 0 Å². The third-order valence-corrected chi connectivity index (χ3v) is 3.99. The van der Waals surface area contributed by atoms with Crippen molar-refractivity contribution in [1.29, 1.82) is 0 Å². The van der Waals surface area contributed by atoms with Crippen LogP contribution in [0.25, 0.3) is 0 Å². The Labute approximate surface area is 118 Å². The lowest BCUT2D eigenvalue weighted by Gasteiger charge is -2.30. The summed E-state index contributed by atoms with van der Waals surface area (Å²) in [4.78, 5) is 2.59. The predicted octanol–water partition coefficient (Wildman–Crippen LogP) is 3.42. The first-order chi connectivity index (χ1) is 9.13. The van der Waals surface area contributed by atoms with Crippen LogP contribution in [0.2, 0.25) is 0 Å². The zero-order valence-electron chi connectivity index (χ0n) is 12.7. The number of piperidine rings is 1. The minimum absolute atomic E-state index is 0.548. The van der Waals surface area contributed by atoms with Crippen LogP contribution in [0.1, 0.15) is 44.7 Å². The largest absolute Gasteiger partial charge is 0.310 e. The van der Waals surface area contributed by atoms with Crippen molar-refractivity contribution in [3.63, 3.8) is 0 Å². The number of benzene rings is 1. The molecule has 19 heavy (non-hydrogen) atoms. The topological polar surface area (TPSA) is 15.3 Å². The van der Waals surface area contributed by atoms with E-state index in [1.54, 1.807) is 0 Å². The molecule has 106 valence electrons. The number of nitrogens with one attached hydrogen (secondary N) is 1. The summed E-state index contributed by atoms with van der Waals surface area (Å²) in [6.07, 6.45) is 2.71. The Balaban J connectivity index is 1.88. The fourth-order valence-corrected chi connectivity index (χ4v) is 2.64. The molecule has 1 N–H and O–H groups in total. The quantitative estimate of drug-likeness (QED) is 0.872. The molecule has 0 aliphatic carbocycles. The van der Waals surface area contributed by atoms with Gasteiger partial charge in [-0.2, -0.15) is 0 Å². The minimum atomic E-state index is 0.548. The minimum Gasteiger partial charge on any atom is -0.310 e. The van der Waals surface area contributed by atoms with Crippen molar-refractivity contribution in [3.05, 3.63) is 35.4 Å². The molecule has 0 aromatic heterocycles. The van der Waals surface area contributed by atoms with E-state index in [2.05, 4.69) is 55.3 Å². The van der Waals surface area contributed by atoms with E-state index in [0.29, 0.717) is 6.04 Å². The van der Waals surface area contributed by atoms with Crippen LogP contribution >= 0.6 is 0 Å². The van der Waals surface area contributed by atoms with Gasteiger partial charge < -0.3 is 5.32 Å². The van der Waals surface area contributed by atoms with Crippen LogP contribution in [0, 0.1) is 5.92 Å². The molecule has 1 saturated heterocycles. The van der Waals surface area contributed by atoms with Gasteiger partial charge in [0.05, 0.1) is 0 Å². The fourth-order valence-electron chi connectivity index (χ4n) is 2.64. The van der Waals surface area contributed by atoms with Gasteiger partial charge in [0.15, 0.2) is 0 Å². The van der Waals surface area contributed by atoms with Gasteiger partial charge in [0.25, 0.3) is 0 Å². The zero-order valence-corrected chi connectivity index (χ0v) is 12.7. The van der Waals surface area contributed by atoms with Gasteiger partial charge in [-0.25, -0.2) is 0 Å². The second-order valence-electron chi connectivity index (χ2n) is 6.31. The van der Waals surface area contributed by atoms with E-state index in [0.717, 1.165) is 19.0 Å². The number of nitrogens with zero attached hydrogens (tertiary/aromatic N) is 1. The van der Waals surface area contributed by atoms with Crippen molar-refractivity contribution in [2.45, 2.75) is 52.7 Å². The third kappa shape index (κ3) is 4.96. The van der Waals surface area contributed by atoms with E-state index in [4.69, 9.17) is 0 Å². The molecule has 1 aliphatic rings. The van der Waals surface area contributed by atoms with Gasteiger partial charge in [0, 0.05) is 19.1 Å². The molecule has 1 heterocycles. The summed E-state index contributed by atoms with van der Waals surface area (Å²) in [7, 11) is 0. The Kier molecular flexibility index (Phi) is 5.41. The standard InChI is InChI=1S/C17H28N2/c1-14(2)18-12-16-5-4-6-17(11-16)13-19-9-7-15(3)8-10-19/h4-6,11,14-15,18H,7-10,12-13H2,1-3H3. The van der Waals surface area contributed by atoms with Gasteiger partial charge in [0.1, 0.15) is 0 Å². The van der Waals surface area contributed by atoms with Gasteiger partial charge in [-0.3, -0.25) is 4.90 Å². The fraction of sp³-hybridized carbons (Fsp3) is 0.647. The van der Waals surface area contributed by atoms with E-state index in [1.807, 2.05) is 0 Å². The highest BCUT2D eigenvalue weighted by molar-refractivity contribution is 5.23. The highest BCUT2D eigenvalue weighted by Gasteiger charge is 2.15. The van der Waals surface area contributed by atoms with E-state index < -0.39 is 0 Å². The summed E-state index contributed by atoms with van der Waals surface area (Å²) in [5.41, 5.74) is 2.86. The maximum atomic E-state index is 3.48. The molecule has 0 unspecified atom stereocenters. The van der Waals surface area contributed by atoms with Crippen LogP contribution < -0.4 is 5.32 Å². The second kappa shape index (κ2) is 7.06. The van der Waals surface area contributed by atoms with E-state index in [9.17, 15) is 0 Å². The predicted molar refractivity (Wildman–Crippen MR) is 82.1 cm³/mol. The van der Waals surface area contributed by atoms with Crippen molar-refractivity contribution in [3.8, 4) is 0 Å². The number of rotatable bonds is 5. The van der Waals surface area contributed by atoms with Gasteiger partial charge in [-0.15, -0.1) is 0 Å². The summed E-state index contributed by atoms with van der Waals surface area (Å²) < 4.78 is 0. The first kappa shape index (κ1) is 14.5. The average molecular weight is 260 g/mol. The maximum absolute atomic E-state index is 3.48. The molecule has 2 nitrogen and oxygen atoms in total. The van der Waals surface area contributed by atoms with Crippen molar-refractivity contribution in [1.82, 2.24) is 10.2 Å². The summed E-state index contributed by atoms with van der Waals surface area (Å²) in [6.45, 7) is 11.4. The number of hydrogen-bond donors (Lipinski definition) is 1. The van der Waals surface area contributed by atoms with E-state index in [1.165, 1.54) is 37.1 Å². The van der Waals surface area contributed by atoms with Crippen LogP contribution in [-0.4, -0.2) is 24.0 Å². The normalized spacial score (nSPS) is 18.1. The molecule has 1 fully saturated rings. The van der Waals surface area contributed by atoms with E-state index >= 15 is 0 Å². The maximum Gasteiger partial charge on any atom is 0.0233 e. The first-order valence-electron chi connectivity index (χ1n) is 7.67.